The van der Waals surface area contributed by atoms with Crippen molar-refractivity contribution < 1.29 is 0 Å². The first kappa shape index (κ1) is 11.9. The topological polar surface area (TPSA) is 37.8 Å². The molecule has 4 heteroatoms. The molecule has 0 aromatic carbocycles. The average Bonchev–Trinajstić information content (AvgIpc) is 3.15. The van der Waals surface area contributed by atoms with Crippen molar-refractivity contribution in [2.45, 2.75) is 33.6 Å². The number of hydrogen-bond donors (Lipinski definition) is 1. The third kappa shape index (κ3) is 2.09. The van der Waals surface area contributed by atoms with Gasteiger partial charge in [-0.15, -0.1) is 11.3 Å². The highest BCUT2D eigenvalue weighted by Crippen LogP contribution is 2.37. The maximum absolute atomic E-state index is 4.42. The predicted molar refractivity (Wildman–Crippen MR) is 77.3 cm³/mol. The molecule has 96 valence electrons. The van der Waals surface area contributed by atoms with Gasteiger partial charge in [0.05, 0.1) is 5.39 Å². The fourth-order valence-electron chi connectivity index (χ4n) is 2.41. The zero-order chi connectivity index (χ0) is 12.7. The van der Waals surface area contributed by atoms with E-state index in [0.717, 1.165) is 29.0 Å². The summed E-state index contributed by atoms with van der Waals surface area (Å²) in [6, 6.07) is 0. The molecule has 0 spiro atoms. The highest BCUT2D eigenvalue weighted by atomic mass is 32.1. The van der Waals surface area contributed by atoms with E-state index in [-0.39, 0.29) is 0 Å². The molecule has 3 rings (SSSR count). The summed E-state index contributed by atoms with van der Waals surface area (Å²) in [6.07, 6.45) is 4.47. The number of thiophene rings is 1. The van der Waals surface area contributed by atoms with Gasteiger partial charge in [-0.1, -0.05) is 6.92 Å². The van der Waals surface area contributed by atoms with E-state index in [1.807, 2.05) is 0 Å². The SMILES string of the molecule is Cc1sc2ncnc(NCC(C)C3CC3)c2c1C. The lowest BCUT2D eigenvalue weighted by Gasteiger charge is -2.12. The number of anilines is 1. The predicted octanol–water partition coefficient (Wildman–Crippen LogP) is 3.77. The minimum atomic E-state index is 0.745. The number of rotatable bonds is 4. The monoisotopic (exact) mass is 261 g/mol. The van der Waals surface area contributed by atoms with E-state index in [1.54, 1.807) is 17.7 Å². The Morgan fingerprint density at radius 1 is 1.39 bits per heavy atom. The van der Waals surface area contributed by atoms with Crippen LogP contribution in [0.25, 0.3) is 10.2 Å². The molecule has 1 saturated carbocycles. The Balaban J connectivity index is 1.86. The van der Waals surface area contributed by atoms with Crippen LogP contribution in [-0.2, 0) is 0 Å². The molecule has 0 saturated heterocycles. The molecule has 1 atom stereocenters. The van der Waals surface area contributed by atoms with Crippen molar-refractivity contribution in [3.8, 4) is 0 Å². The molecular formula is C14H19N3S. The quantitative estimate of drug-likeness (QED) is 0.910. The lowest BCUT2D eigenvalue weighted by Crippen LogP contribution is -2.14. The molecule has 1 aliphatic rings. The summed E-state index contributed by atoms with van der Waals surface area (Å²) in [5, 5.41) is 4.73. The van der Waals surface area contributed by atoms with E-state index in [2.05, 4.69) is 36.1 Å². The lowest BCUT2D eigenvalue weighted by molar-refractivity contribution is 0.536. The third-order valence-electron chi connectivity index (χ3n) is 3.98. The van der Waals surface area contributed by atoms with Gasteiger partial charge in [0.1, 0.15) is 17.0 Å². The summed E-state index contributed by atoms with van der Waals surface area (Å²) in [4.78, 5) is 11.2. The van der Waals surface area contributed by atoms with Crippen LogP contribution in [0.4, 0.5) is 5.82 Å². The highest BCUT2D eigenvalue weighted by Gasteiger charge is 2.27. The van der Waals surface area contributed by atoms with Gasteiger partial charge in [-0.05, 0) is 44.1 Å². The zero-order valence-electron chi connectivity index (χ0n) is 11.2. The average molecular weight is 261 g/mol. The van der Waals surface area contributed by atoms with Gasteiger partial charge in [-0.25, -0.2) is 9.97 Å². The second kappa shape index (κ2) is 4.50. The van der Waals surface area contributed by atoms with Crippen molar-refractivity contribution in [2.24, 2.45) is 11.8 Å². The fourth-order valence-corrected chi connectivity index (χ4v) is 3.40. The molecule has 0 radical (unpaired) electrons. The van der Waals surface area contributed by atoms with Crippen LogP contribution in [0, 0.1) is 25.7 Å². The largest absolute Gasteiger partial charge is 0.369 e. The lowest BCUT2D eigenvalue weighted by atomic mass is 10.1. The summed E-state index contributed by atoms with van der Waals surface area (Å²) in [7, 11) is 0. The Hall–Kier alpha value is -1.16. The van der Waals surface area contributed by atoms with Crippen molar-refractivity contribution in [1.29, 1.82) is 0 Å². The van der Waals surface area contributed by atoms with Crippen molar-refractivity contribution in [3.63, 3.8) is 0 Å². The normalized spacial score (nSPS) is 17.1. The number of nitrogens with zero attached hydrogens (tertiary/aromatic N) is 2. The van der Waals surface area contributed by atoms with Crippen LogP contribution in [0.2, 0.25) is 0 Å². The second-order valence-corrected chi connectivity index (χ2v) is 6.58. The van der Waals surface area contributed by atoms with Gasteiger partial charge in [0.25, 0.3) is 0 Å². The van der Waals surface area contributed by atoms with E-state index >= 15 is 0 Å². The molecule has 0 aliphatic heterocycles. The number of nitrogens with one attached hydrogen (secondary N) is 1. The maximum atomic E-state index is 4.42. The Morgan fingerprint density at radius 3 is 2.89 bits per heavy atom. The van der Waals surface area contributed by atoms with Crippen molar-refractivity contribution in [1.82, 2.24) is 9.97 Å². The summed E-state index contributed by atoms with van der Waals surface area (Å²) in [6.45, 7) is 7.66. The van der Waals surface area contributed by atoms with Crippen LogP contribution >= 0.6 is 11.3 Å². The smallest absolute Gasteiger partial charge is 0.138 e. The molecule has 1 N–H and O–H groups in total. The molecule has 0 amide bonds. The van der Waals surface area contributed by atoms with Gasteiger partial charge in [-0.2, -0.15) is 0 Å². The maximum Gasteiger partial charge on any atom is 0.138 e. The van der Waals surface area contributed by atoms with Crippen LogP contribution in [-0.4, -0.2) is 16.5 Å². The summed E-state index contributed by atoms with van der Waals surface area (Å²) in [5.41, 5.74) is 1.32. The van der Waals surface area contributed by atoms with Crippen LogP contribution in [0.3, 0.4) is 0 Å². The molecule has 2 aromatic heterocycles. The molecular weight excluding hydrogens is 242 g/mol. The molecule has 2 heterocycles. The van der Waals surface area contributed by atoms with Crippen molar-refractivity contribution in [3.05, 3.63) is 16.8 Å². The Labute approximate surface area is 112 Å². The first-order valence-corrected chi connectivity index (χ1v) is 7.43. The van der Waals surface area contributed by atoms with Crippen LogP contribution in [0.15, 0.2) is 6.33 Å². The number of fused-ring (bicyclic) bond motifs is 1. The number of aromatic nitrogens is 2. The minimum absolute atomic E-state index is 0.745. The zero-order valence-corrected chi connectivity index (χ0v) is 12.0. The number of hydrogen-bond acceptors (Lipinski definition) is 4. The molecule has 2 aromatic rings. The second-order valence-electron chi connectivity index (χ2n) is 5.38. The van der Waals surface area contributed by atoms with Gasteiger partial charge in [0.2, 0.25) is 0 Å². The molecule has 0 bridgehead atoms. The van der Waals surface area contributed by atoms with Gasteiger partial charge in [0, 0.05) is 11.4 Å². The fraction of sp³-hybridized carbons (Fsp3) is 0.571. The first-order valence-electron chi connectivity index (χ1n) is 6.61. The third-order valence-corrected chi connectivity index (χ3v) is 5.10. The van der Waals surface area contributed by atoms with E-state index in [9.17, 15) is 0 Å². The standard InChI is InChI=1S/C14H19N3S/c1-8(11-4-5-11)6-15-13-12-9(2)10(3)18-14(12)17-7-16-13/h7-8,11H,4-6H2,1-3H3,(H,15,16,17). The highest BCUT2D eigenvalue weighted by molar-refractivity contribution is 7.18. The first-order chi connectivity index (χ1) is 8.66. The molecule has 1 fully saturated rings. The van der Waals surface area contributed by atoms with Crippen molar-refractivity contribution in [2.75, 3.05) is 11.9 Å². The Bertz CT molecular complexity index is 572. The van der Waals surface area contributed by atoms with E-state index in [1.165, 1.54) is 28.7 Å². The van der Waals surface area contributed by atoms with E-state index in [4.69, 9.17) is 0 Å². The van der Waals surface area contributed by atoms with Crippen LogP contribution < -0.4 is 5.32 Å². The molecule has 18 heavy (non-hydrogen) atoms. The molecule has 3 nitrogen and oxygen atoms in total. The van der Waals surface area contributed by atoms with Crippen LogP contribution in [0.1, 0.15) is 30.2 Å². The van der Waals surface area contributed by atoms with Gasteiger partial charge in [0.15, 0.2) is 0 Å². The van der Waals surface area contributed by atoms with Gasteiger partial charge >= 0.3 is 0 Å². The van der Waals surface area contributed by atoms with Gasteiger partial charge < -0.3 is 5.32 Å². The van der Waals surface area contributed by atoms with Crippen molar-refractivity contribution >= 4 is 27.4 Å². The summed E-state index contributed by atoms with van der Waals surface area (Å²) >= 11 is 1.75. The number of aryl methyl sites for hydroxylation is 2. The molecule has 1 unspecified atom stereocenters. The summed E-state index contributed by atoms with van der Waals surface area (Å²) in [5.74, 6) is 2.68. The molecule has 1 aliphatic carbocycles. The van der Waals surface area contributed by atoms with Crippen LogP contribution in [0.5, 0.6) is 0 Å². The summed E-state index contributed by atoms with van der Waals surface area (Å²) < 4.78 is 0. The van der Waals surface area contributed by atoms with Gasteiger partial charge in [-0.3, -0.25) is 0 Å². The van der Waals surface area contributed by atoms with E-state index < -0.39 is 0 Å². The Kier molecular flexibility index (Phi) is 2.98. The Morgan fingerprint density at radius 2 is 2.17 bits per heavy atom. The van der Waals surface area contributed by atoms with E-state index in [0.29, 0.717) is 0 Å². The minimum Gasteiger partial charge on any atom is -0.369 e.